The first-order valence-electron chi connectivity index (χ1n) is 11.5. The lowest BCUT2D eigenvalue weighted by Gasteiger charge is -2.26. The van der Waals surface area contributed by atoms with Crippen molar-refractivity contribution in [2.45, 2.75) is 33.0 Å². The van der Waals surface area contributed by atoms with Crippen molar-refractivity contribution < 1.29 is 19.4 Å². The Morgan fingerprint density at radius 2 is 2.17 bits per heavy atom. The van der Waals surface area contributed by atoms with Crippen LogP contribution in [0.25, 0.3) is 5.69 Å². The van der Waals surface area contributed by atoms with Gasteiger partial charge in [-0.1, -0.05) is 13.0 Å². The predicted octanol–water partition coefficient (Wildman–Crippen LogP) is 1.21. The number of nitrogens with one attached hydrogen (secondary N) is 1. The molecule has 35 heavy (non-hydrogen) atoms. The zero-order valence-electron chi connectivity index (χ0n) is 19.6. The lowest BCUT2D eigenvalue weighted by Crippen LogP contribution is -2.38. The number of aliphatic hydroxyl groups is 1. The first kappa shape index (κ1) is 23.1. The summed E-state index contributed by atoms with van der Waals surface area (Å²) in [6.07, 6.45) is 3.24. The molecular formula is C24H27N7O4. The average molecular weight is 478 g/mol. The van der Waals surface area contributed by atoms with E-state index in [9.17, 15) is 14.7 Å². The summed E-state index contributed by atoms with van der Waals surface area (Å²) in [7, 11) is 0. The number of fused-ring (bicyclic) bond motifs is 1. The third kappa shape index (κ3) is 4.64. The maximum absolute atomic E-state index is 12.6. The molecule has 2 aliphatic heterocycles. The third-order valence-corrected chi connectivity index (χ3v) is 6.90. The molecule has 1 amide bonds. The zero-order chi connectivity index (χ0) is 24.6. The summed E-state index contributed by atoms with van der Waals surface area (Å²) >= 11 is 0. The Morgan fingerprint density at radius 1 is 1.31 bits per heavy atom. The summed E-state index contributed by atoms with van der Waals surface area (Å²) in [5.74, 6) is -0.543. The zero-order valence-corrected chi connectivity index (χ0v) is 19.6. The van der Waals surface area contributed by atoms with Crippen LogP contribution in [0, 0.1) is 12.3 Å². The second-order valence-electron chi connectivity index (χ2n) is 9.53. The van der Waals surface area contributed by atoms with E-state index in [0.29, 0.717) is 30.0 Å². The third-order valence-electron chi connectivity index (χ3n) is 6.90. The summed E-state index contributed by atoms with van der Waals surface area (Å²) in [6.45, 7) is 6.89. The molecule has 2 aliphatic rings. The van der Waals surface area contributed by atoms with Gasteiger partial charge >= 0.3 is 5.97 Å². The maximum atomic E-state index is 12.6. The van der Waals surface area contributed by atoms with Gasteiger partial charge in [0, 0.05) is 25.2 Å². The quantitative estimate of drug-likeness (QED) is 0.481. The molecule has 0 unspecified atom stereocenters. The lowest BCUT2D eigenvalue weighted by molar-refractivity contribution is 0.0534. The second-order valence-corrected chi connectivity index (χ2v) is 9.53. The highest BCUT2D eigenvalue weighted by molar-refractivity contribution is 5.94. The second kappa shape index (κ2) is 9.16. The number of hydrogen-bond acceptors (Lipinski definition) is 9. The summed E-state index contributed by atoms with van der Waals surface area (Å²) < 4.78 is 6.59. The monoisotopic (exact) mass is 477 g/mol. The molecule has 182 valence electrons. The molecule has 0 spiro atoms. The largest absolute Gasteiger partial charge is 0.457 e. The van der Waals surface area contributed by atoms with Gasteiger partial charge in [-0.05, 0) is 65.1 Å². The number of ether oxygens (including phenoxy) is 1. The normalized spacial score (nSPS) is 20.5. The van der Waals surface area contributed by atoms with Gasteiger partial charge in [-0.15, -0.1) is 5.10 Å². The summed E-state index contributed by atoms with van der Waals surface area (Å²) in [5.41, 5.74) is 4.05. The number of rotatable bonds is 7. The van der Waals surface area contributed by atoms with E-state index in [0.717, 1.165) is 36.2 Å². The Morgan fingerprint density at radius 3 is 2.91 bits per heavy atom. The number of amides is 1. The van der Waals surface area contributed by atoms with Gasteiger partial charge in [0.2, 0.25) is 0 Å². The van der Waals surface area contributed by atoms with Gasteiger partial charge in [0.05, 0.1) is 23.6 Å². The fourth-order valence-electron chi connectivity index (χ4n) is 4.82. The highest BCUT2D eigenvalue weighted by atomic mass is 16.5. The number of cyclic esters (lactones) is 1. The van der Waals surface area contributed by atoms with Crippen LogP contribution in [0.5, 0.6) is 0 Å². The van der Waals surface area contributed by atoms with Crippen LogP contribution in [-0.2, 0) is 11.3 Å². The molecule has 1 aromatic carbocycles. The number of β-amino-alcohol motifs (C(OH)–C–C–N with tert-alkyl or cyclic N) is 1. The minimum atomic E-state index is -0.671. The van der Waals surface area contributed by atoms with Gasteiger partial charge in [0.25, 0.3) is 5.91 Å². The topological polar surface area (TPSA) is 135 Å². The smallest absolute Gasteiger partial charge is 0.338 e. The molecule has 2 N–H and O–H groups in total. The van der Waals surface area contributed by atoms with Gasteiger partial charge in [-0.2, -0.15) is 4.68 Å². The molecule has 4 heterocycles. The van der Waals surface area contributed by atoms with Crippen LogP contribution in [0.4, 0.5) is 0 Å². The molecule has 1 fully saturated rings. The van der Waals surface area contributed by atoms with Crippen molar-refractivity contribution in [1.82, 2.24) is 35.4 Å². The minimum absolute atomic E-state index is 0.116. The highest BCUT2D eigenvalue weighted by Gasteiger charge is 2.35. The first-order valence-corrected chi connectivity index (χ1v) is 11.5. The van der Waals surface area contributed by atoms with E-state index < -0.39 is 6.10 Å². The van der Waals surface area contributed by atoms with Crippen LogP contribution in [-0.4, -0.2) is 73.3 Å². The van der Waals surface area contributed by atoms with Crippen LogP contribution >= 0.6 is 0 Å². The average Bonchev–Trinajstić information content (AvgIpc) is 3.60. The summed E-state index contributed by atoms with van der Waals surface area (Å²) in [5, 5.41) is 24.9. The maximum Gasteiger partial charge on any atom is 0.338 e. The van der Waals surface area contributed by atoms with Crippen molar-refractivity contribution in [2.24, 2.45) is 5.41 Å². The van der Waals surface area contributed by atoms with E-state index in [1.54, 1.807) is 24.4 Å². The number of esters is 1. The standard InChI is InChI=1S/C24H27N7O4/c1-15-17(4-5-18-19(15)11-35-23(18)34)21(32)10-30-8-7-24(2,13-30)12-26-22(33)20-6-3-16(9-25-20)31-14-27-28-29-31/h3-6,9,14,21,32H,7-8,10-13H2,1-2H3,(H,26,33)/t21-,24+/m0/s1. The van der Waals surface area contributed by atoms with Crippen LogP contribution in [0.3, 0.4) is 0 Å². The molecule has 0 radical (unpaired) electrons. The fourth-order valence-corrected chi connectivity index (χ4v) is 4.82. The van der Waals surface area contributed by atoms with E-state index in [-0.39, 0.29) is 23.9 Å². The number of tetrazole rings is 1. The Labute approximate surface area is 202 Å². The lowest BCUT2D eigenvalue weighted by atomic mass is 9.89. The highest BCUT2D eigenvalue weighted by Crippen LogP contribution is 2.33. The van der Waals surface area contributed by atoms with E-state index in [1.807, 2.05) is 13.0 Å². The molecule has 2 aromatic heterocycles. The van der Waals surface area contributed by atoms with Gasteiger partial charge in [0.1, 0.15) is 18.6 Å². The Balaban J connectivity index is 1.15. The molecule has 2 atom stereocenters. The molecule has 0 aliphatic carbocycles. The van der Waals surface area contributed by atoms with Crippen molar-refractivity contribution in [2.75, 3.05) is 26.2 Å². The number of benzene rings is 1. The molecule has 0 bridgehead atoms. The van der Waals surface area contributed by atoms with Crippen LogP contribution < -0.4 is 5.32 Å². The van der Waals surface area contributed by atoms with Crippen LogP contribution in [0.2, 0.25) is 0 Å². The van der Waals surface area contributed by atoms with Gasteiger partial charge in [0.15, 0.2) is 0 Å². The van der Waals surface area contributed by atoms with Crippen LogP contribution in [0.15, 0.2) is 36.8 Å². The van der Waals surface area contributed by atoms with E-state index in [4.69, 9.17) is 4.74 Å². The van der Waals surface area contributed by atoms with Crippen molar-refractivity contribution in [1.29, 1.82) is 0 Å². The summed E-state index contributed by atoms with van der Waals surface area (Å²) in [6, 6.07) is 6.94. The molecule has 3 aromatic rings. The fraction of sp³-hybridized carbons (Fsp3) is 0.417. The molecular weight excluding hydrogens is 450 g/mol. The Hall–Kier alpha value is -3.70. The van der Waals surface area contributed by atoms with Crippen molar-refractivity contribution in [3.8, 4) is 5.69 Å². The minimum Gasteiger partial charge on any atom is -0.457 e. The number of likely N-dealkylation sites (tertiary alicyclic amines) is 1. The Bertz CT molecular complexity index is 1250. The first-order chi connectivity index (χ1) is 16.8. The number of nitrogens with zero attached hydrogens (tertiary/aromatic N) is 6. The van der Waals surface area contributed by atoms with Crippen molar-refractivity contribution >= 4 is 11.9 Å². The Kier molecular flexibility index (Phi) is 6.03. The van der Waals surface area contributed by atoms with E-state index in [1.165, 1.54) is 11.0 Å². The predicted molar refractivity (Wildman–Crippen MR) is 124 cm³/mol. The molecule has 11 heteroatoms. The summed E-state index contributed by atoms with van der Waals surface area (Å²) in [4.78, 5) is 30.8. The SMILES string of the molecule is Cc1c([C@@H](O)CN2CC[C@](C)(CNC(=O)c3ccc(-n4cnnn4)cn3)C2)ccc2c1COC2=O. The van der Waals surface area contributed by atoms with Gasteiger partial charge < -0.3 is 15.2 Å². The van der Waals surface area contributed by atoms with E-state index in [2.05, 4.69) is 37.6 Å². The number of carbonyl (C=O) groups excluding carboxylic acids is 2. The molecule has 5 rings (SSSR count). The molecule has 11 nitrogen and oxygen atoms in total. The number of pyridine rings is 1. The van der Waals surface area contributed by atoms with Crippen molar-refractivity contribution in [3.63, 3.8) is 0 Å². The number of aromatic nitrogens is 5. The molecule has 0 saturated carbocycles. The number of aliphatic hydroxyl groups excluding tert-OH is 1. The number of carbonyl (C=O) groups is 2. The van der Waals surface area contributed by atoms with Crippen molar-refractivity contribution in [3.05, 3.63) is 64.7 Å². The van der Waals surface area contributed by atoms with Gasteiger partial charge in [-0.3, -0.25) is 9.69 Å². The van der Waals surface area contributed by atoms with Crippen LogP contribution in [0.1, 0.15) is 57.0 Å². The van der Waals surface area contributed by atoms with Gasteiger partial charge in [-0.25, -0.2) is 9.78 Å². The number of hydrogen-bond donors (Lipinski definition) is 2. The molecule has 1 saturated heterocycles. The van der Waals surface area contributed by atoms with E-state index >= 15 is 0 Å².